The summed E-state index contributed by atoms with van der Waals surface area (Å²) in [5.41, 5.74) is 4.64. The first kappa shape index (κ1) is 12.2. The molecule has 1 heteroatoms. The Bertz CT molecular complexity index is 420. The van der Waals surface area contributed by atoms with E-state index in [2.05, 4.69) is 37.4 Å². The zero-order valence-corrected chi connectivity index (χ0v) is 11.7. The second-order valence-electron chi connectivity index (χ2n) is 6.35. The van der Waals surface area contributed by atoms with Gasteiger partial charge in [-0.25, -0.2) is 0 Å². The van der Waals surface area contributed by atoms with E-state index in [1.807, 2.05) is 0 Å². The Hall–Kier alpha value is -0.820. The summed E-state index contributed by atoms with van der Waals surface area (Å²) in [5.74, 6) is 1.01. The molecule has 1 aromatic rings. The molecule has 0 aliphatic heterocycles. The van der Waals surface area contributed by atoms with Gasteiger partial charge in [0.25, 0.3) is 0 Å². The van der Waals surface area contributed by atoms with Gasteiger partial charge in [-0.3, -0.25) is 0 Å². The third-order valence-corrected chi connectivity index (χ3v) is 4.54. The van der Waals surface area contributed by atoms with Gasteiger partial charge in [0.15, 0.2) is 0 Å². The lowest BCUT2D eigenvalue weighted by molar-refractivity contribution is 0.438. The van der Waals surface area contributed by atoms with Gasteiger partial charge in [-0.1, -0.05) is 31.0 Å². The number of benzene rings is 1. The summed E-state index contributed by atoms with van der Waals surface area (Å²) < 4.78 is 0. The fourth-order valence-electron chi connectivity index (χ4n) is 3.31. The van der Waals surface area contributed by atoms with Crippen molar-refractivity contribution in [2.24, 2.45) is 5.92 Å². The summed E-state index contributed by atoms with van der Waals surface area (Å²) in [6, 6.07) is 8.25. The van der Waals surface area contributed by atoms with E-state index in [-0.39, 0.29) is 0 Å². The van der Waals surface area contributed by atoms with Crippen molar-refractivity contribution in [1.29, 1.82) is 0 Å². The van der Waals surface area contributed by atoms with Crippen LogP contribution in [0.3, 0.4) is 0 Å². The molecule has 0 bridgehead atoms. The lowest BCUT2D eigenvalue weighted by atomic mass is 10.0. The maximum absolute atomic E-state index is 3.76. The van der Waals surface area contributed by atoms with Crippen molar-refractivity contribution in [2.75, 3.05) is 0 Å². The second-order valence-corrected chi connectivity index (χ2v) is 6.35. The van der Waals surface area contributed by atoms with E-state index in [0.717, 1.165) is 5.92 Å². The van der Waals surface area contributed by atoms with Gasteiger partial charge in [-0.15, -0.1) is 0 Å². The fraction of sp³-hybridized carbons (Fsp3) is 0.647. The third-order valence-electron chi connectivity index (χ3n) is 4.54. The first-order valence-corrected chi connectivity index (χ1v) is 7.60. The molecule has 2 unspecified atom stereocenters. The topological polar surface area (TPSA) is 12.0 Å². The van der Waals surface area contributed by atoms with Crippen molar-refractivity contribution in [3.8, 4) is 0 Å². The Morgan fingerprint density at radius 3 is 2.72 bits per heavy atom. The Labute approximate surface area is 111 Å². The van der Waals surface area contributed by atoms with Gasteiger partial charge in [0.2, 0.25) is 0 Å². The van der Waals surface area contributed by atoms with E-state index >= 15 is 0 Å². The zero-order valence-electron chi connectivity index (χ0n) is 11.7. The van der Waals surface area contributed by atoms with E-state index in [9.17, 15) is 0 Å². The molecule has 98 valence electrons. The quantitative estimate of drug-likeness (QED) is 0.824. The number of nitrogens with one attached hydrogen (secondary N) is 1. The Balaban J connectivity index is 1.62. The minimum absolute atomic E-state index is 0.490. The normalized spacial score (nSPS) is 21.7. The molecular formula is C17H25N. The smallest absolute Gasteiger partial charge is 0.0294 e. The molecule has 2 aliphatic rings. The van der Waals surface area contributed by atoms with Gasteiger partial charge in [-0.2, -0.15) is 0 Å². The van der Waals surface area contributed by atoms with Crippen LogP contribution < -0.4 is 5.32 Å². The molecule has 2 aliphatic carbocycles. The molecule has 1 fully saturated rings. The maximum Gasteiger partial charge on any atom is 0.0294 e. The van der Waals surface area contributed by atoms with Crippen LogP contribution in [0.4, 0.5) is 0 Å². The van der Waals surface area contributed by atoms with Crippen molar-refractivity contribution in [3.63, 3.8) is 0 Å². The van der Waals surface area contributed by atoms with E-state index in [0.29, 0.717) is 12.1 Å². The monoisotopic (exact) mass is 243 g/mol. The molecule has 18 heavy (non-hydrogen) atoms. The van der Waals surface area contributed by atoms with E-state index in [1.54, 1.807) is 11.1 Å². The molecule has 1 aromatic carbocycles. The minimum Gasteiger partial charge on any atom is -0.308 e. The van der Waals surface area contributed by atoms with Crippen molar-refractivity contribution >= 4 is 0 Å². The molecule has 1 saturated carbocycles. The highest BCUT2D eigenvalue weighted by Crippen LogP contribution is 2.34. The van der Waals surface area contributed by atoms with Crippen LogP contribution in [-0.2, 0) is 12.8 Å². The van der Waals surface area contributed by atoms with Crippen molar-refractivity contribution in [3.05, 3.63) is 34.9 Å². The van der Waals surface area contributed by atoms with E-state index < -0.39 is 0 Å². The summed E-state index contributed by atoms with van der Waals surface area (Å²) in [6.07, 6.45) is 8.19. The predicted octanol–water partition coefficient (Wildman–Crippen LogP) is 4.01. The third kappa shape index (κ3) is 2.77. The molecule has 3 rings (SSSR count). The number of hydrogen-bond acceptors (Lipinski definition) is 1. The minimum atomic E-state index is 0.490. The van der Waals surface area contributed by atoms with Crippen LogP contribution >= 0.6 is 0 Å². The molecule has 0 heterocycles. The summed E-state index contributed by atoms with van der Waals surface area (Å²) in [4.78, 5) is 0. The lowest BCUT2D eigenvalue weighted by Crippen LogP contribution is -2.29. The fourth-order valence-corrected chi connectivity index (χ4v) is 3.31. The summed E-state index contributed by atoms with van der Waals surface area (Å²) in [7, 11) is 0. The molecule has 0 saturated heterocycles. The largest absolute Gasteiger partial charge is 0.308 e. The van der Waals surface area contributed by atoms with Crippen LogP contribution in [0.15, 0.2) is 18.2 Å². The highest BCUT2D eigenvalue weighted by atomic mass is 14.9. The summed E-state index contributed by atoms with van der Waals surface area (Å²) in [5, 5.41) is 3.76. The Kier molecular flexibility index (Phi) is 3.43. The molecule has 0 amide bonds. The highest BCUT2D eigenvalue weighted by molar-refractivity contribution is 5.36. The van der Waals surface area contributed by atoms with Crippen molar-refractivity contribution < 1.29 is 0 Å². The van der Waals surface area contributed by atoms with Crippen molar-refractivity contribution in [1.82, 2.24) is 5.32 Å². The standard InChI is InChI=1S/C17H25N/c1-12(10-14-6-7-14)18-13(2)16-9-8-15-4-3-5-17(15)11-16/h8-9,11-14,18H,3-7,10H2,1-2H3. The van der Waals surface area contributed by atoms with Crippen LogP contribution in [0.2, 0.25) is 0 Å². The molecule has 1 nitrogen and oxygen atoms in total. The lowest BCUT2D eigenvalue weighted by Gasteiger charge is -2.21. The number of fused-ring (bicyclic) bond motifs is 1. The molecule has 0 radical (unpaired) electrons. The van der Waals surface area contributed by atoms with Crippen LogP contribution in [0.1, 0.15) is 62.3 Å². The Morgan fingerprint density at radius 2 is 1.94 bits per heavy atom. The number of hydrogen-bond donors (Lipinski definition) is 1. The average Bonchev–Trinajstić information content (AvgIpc) is 3.03. The van der Waals surface area contributed by atoms with Gasteiger partial charge in [0.05, 0.1) is 0 Å². The van der Waals surface area contributed by atoms with Gasteiger partial charge < -0.3 is 5.32 Å². The van der Waals surface area contributed by atoms with Crippen LogP contribution in [-0.4, -0.2) is 6.04 Å². The predicted molar refractivity (Wildman–Crippen MR) is 76.8 cm³/mol. The molecule has 2 atom stereocenters. The first-order valence-electron chi connectivity index (χ1n) is 7.60. The molecule has 1 N–H and O–H groups in total. The van der Waals surface area contributed by atoms with Crippen LogP contribution in [0.25, 0.3) is 0 Å². The highest BCUT2D eigenvalue weighted by Gasteiger charge is 2.24. The summed E-state index contributed by atoms with van der Waals surface area (Å²) in [6.45, 7) is 4.64. The van der Waals surface area contributed by atoms with Crippen LogP contribution in [0.5, 0.6) is 0 Å². The number of rotatable bonds is 5. The zero-order chi connectivity index (χ0) is 12.5. The van der Waals surface area contributed by atoms with Gasteiger partial charge in [0.1, 0.15) is 0 Å². The number of aryl methyl sites for hydroxylation is 2. The van der Waals surface area contributed by atoms with Gasteiger partial charge in [0, 0.05) is 12.1 Å². The van der Waals surface area contributed by atoms with E-state index in [1.165, 1.54) is 44.1 Å². The molecule has 0 spiro atoms. The van der Waals surface area contributed by atoms with E-state index in [4.69, 9.17) is 0 Å². The maximum atomic E-state index is 3.76. The second kappa shape index (κ2) is 5.05. The average molecular weight is 243 g/mol. The molecule has 0 aromatic heterocycles. The van der Waals surface area contributed by atoms with Gasteiger partial charge in [-0.05, 0) is 62.1 Å². The van der Waals surface area contributed by atoms with Crippen molar-refractivity contribution in [2.45, 2.75) is 64.5 Å². The summed E-state index contributed by atoms with van der Waals surface area (Å²) >= 11 is 0. The molecular weight excluding hydrogens is 218 g/mol. The van der Waals surface area contributed by atoms with Crippen LogP contribution in [0, 0.1) is 5.92 Å². The first-order chi connectivity index (χ1) is 8.72. The van der Waals surface area contributed by atoms with Gasteiger partial charge >= 0.3 is 0 Å². The SMILES string of the molecule is CC(CC1CC1)NC(C)c1ccc2c(c1)CCC2. The Morgan fingerprint density at radius 1 is 1.17 bits per heavy atom.